The first-order chi connectivity index (χ1) is 19.7. The van der Waals surface area contributed by atoms with Gasteiger partial charge >= 0.3 is 12.1 Å². The fraction of sp³-hybridized carbons (Fsp3) is 0.500. The van der Waals surface area contributed by atoms with Crippen LogP contribution in [0.25, 0.3) is 10.6 Å². The average Bonchev–Trinajstić information content (AvgIpc) is 3.74. The lowest BCUT2D eigenvalue weighted by Gasteiger charge is -2.34. The van der Waals surface area contributed by atoms with Gasteiger partial charge in [0.2, 0.25) is 5.88 Å². The lowest BCUT2D eigenvalue weighted by molar-refractivity contribution is 0.0814. The number of rotatable bonds is 9. The number of ether oxygens (including phenoxy) is 1. The van der Waals surface area contributed by atoms with Crippen molar-refractivity contribution in [2.45, 2.75) is 45.3 Å². The van der Waals surface area contributed by atoms with E-state index in [1.807, 2.05) is 6.07 Å². The number of aliphatic hydroxyl groups is 1. The van der Waals surface area contributed by atoms with Crippen LogP contribution in [0.1, 0.15) is 42.9 Å². The Bertz CT molecular complexity index is 1400. The van der Waals surface area contributed by atoms with Gasteiger partial charge in [0.15, 0.2) is 11.5 Å². The SMILES string of the molecule is CC(C)N1CCC(NC(=O)Oc2cc(C(=O)N3CCN(CCO)C3=O)nn2Cc2cc(-c3ccc(Cl)s3)on2)CC1. The lowest BCUT2D eigenvalue weighted by Crippen LogP contribution is -2.47. The van der Waals surface area contributed by atoms with Crippen molar-refractivity contribution >= 4 is 41.0 Å². The number of nitrogens with one attached hydrogen (secondary N) is 1. The van der Waals surface area contributed by atoms with Gasteiger partial charge in [-0.3, -0.25) is 9.69 Å². The summed E-state index contributed by atoms with van der Waals surface area (Å²) in [5.41, 5.74) is 0.412. The Balaban J connectivity index is 1.33. The number of hydrogen-bond donors (Lipinski definition) is 2. The van der Waals surface area contributed by atoms with Crippen LogP contribution in [0.15, 0.2) is 28.8 Å². The third-order valence-corrected chi connectivity index (χ3v) is 8.38. The predicted octanol–water partition coefficient (Wildman–Crippen LogP) is 3.13. The molecule has 5 rings (SSSR count). The molecule has 0 radical (unpaired) electrons. The highest BCUT2D eigenvalue weighted by Gasteiger charge is 2.35. The molecule has 0 unspecified atom stereocenters. The number of carbonyl (C=O) groups excluding carboxylic acids is 3. The third kappa shape index (κ3) is 6.72. The molecule has 0 aliphatic carbocycles. The molecule has 2 fully saturated rings. The van der Waals surface area contributed by atoms with E-state index in [-0.39, 0.29) is 43.9 Å². The van der Waals surface area contributed by atoms with Crippen LogP contribution in [0.5, 0.6) is 5.88 Å². The van der Waals surface area contributed by atoms with Crippen molar-refractivity contribution in [3.63, 3.8) is 0 Å². The normalized spacial score (nSPS) is 16.7. The highest BCUT2D eigenvalue weighted by molar-refractivity contribution is 7.19. The Morgan fingerprint density at radius 1 is 1.22 bits per heavy atom. The van der Waals surface area contributed by atoms with Gasteiger partial charge in [-0.15, -0.1) is 11.3 Å². The summed E-state index contributed by atoms with van der Waals surface area (Å²) >= 11 is 7.38. The van der Waals surface area contributed by atoms with E-state index in [1.165, 1.54) is 27.0 Å². The second-order valence-electron chi connectivity index (χ2n) is 10.2. The minimum absolute atomic E-state index is 0.0213. The standard InChI is InChI=1S/C26H32ClN7O6S/c1-16(2)31-7-5-17(6-8-31)28-25(37)39-23-14-19(24(36)33-10-9-32(11-12-35)26(33)38)29-34(23)15-18-13-20(40-30-18)21-3-4-22(27)41-21/h3-4,13-14,16-17,35H,5-12,15H2,1-2H3,(H,28,37). The van der Waals surface area contributed by atoms with E-state index >= 15 is 0 Å². The molecule has 0 spiro atoms. The number of piperidine rings is 1. The van der Waals surface area contributed by atoms with Crippen LogP contribution < -0.4 is 10.1 Å². The first-order valence-electron chi connectivity index (χ1n) is 13.4. The molecule has 3 aromatic rings. The first-order valence-corrected chi connectivity index (χ1v) is 14.6. The maximum Gasteiger partial charge on any atom is 0.414 e. The number of aliphatic hydroxyl groups excluding tert-OH is 1. The van der Waals surface area contributed by atoms with Crippen molar-refractivity contribution in [3.8, 4) is 16.5 Å². The molecule has 2 aliphatic heterocycles. The van der Waals surface area contributed by atoms with Crippen LogP contribution in [0, 0.1) is 0 Å². The van der Waals surface area contributed by atoms with E-state index in [0.717, 1.165) is 35.7 Å². The molecular weight excluding hydrogens is 574 g/mol. The van der Waals surface area contributed by atoms with Gasteiger partial charge in [0.25, 0.3) is 5.91 Å². The molecule has 15 heteroatoms. The molecule has 0 bridgehead atoms. The molecule has 0 saturated carbocycles. The van der Waals surface area contributed by atoms with Crippen LogP contribution in [0.4, 0.5) is 9.59 Å². The van der Waals surface area contributed by atoms with E-state index < -0.39 is 18.0 Å². The highest BCUT2D eigenvalue weighted by atomic mass is 35.5. The summed E-state index contributed by atoms with van der Waals surface area (Å²) < 4.78 is 13.0. The van der Waals surface area contributed by atoms with Crippen molar-refractivity contribution in [2.24, 2.45) is 0 Å². The fourth-order valence-electron chi connectivity index (χ4n) is 4.89. The van der Waals surface area contributed by atoms with Crippen LogP contribution in [0.3, 0.4) is 0 Å². The summed E-state index contributed by atoms with van der Waals surface area (Å²) in [5, 5.41) is 20.6. The molecule has 2 aliphatic rings. The number of likely N-dealkylation sites (tertiary alicyclic amines) is 1. The minimum atomic E-state index is -0.659. The van der Waals surface area contributed by atoms with Crippen molar-refractivity contribution < 1.29 is 28.8 Å². The largest absolute Gasteiger partial charge is 0.414 e. The zero-order chi connectivity index (χ0) is 29.1. The summed E-state index contributed by atoms with van der Waals surface area (Å²) in [5.74, 6) is -0.0948. The number of amides is 4. The number of carbonyl (C=O) groups is 3. The predicted molar refractivity (Wildman–Crippen MR) is 150 cm³/mol. The molecule has 13 nitrogen and oxygen atoms in total. The van der Waals surface area contributed by atoms with Crippen molar-refractivity contribution in [1.29, 1.82) is 0 Å². The average molecular weight is 606 g/mol. The van der Waals surface area contributed by atoms with Crippen molar-refractivity contribution in [3.05, 3.63) is 40.0 Å². The number of halogens is 1. The quantitative estimate of drug-likeness (QED) is 0.375. The van der Waals surface area contributed by atoms with Crippen molar-refractivity contribution in [1.82, 2.24) is 35.0 Å². The minimum Gasteiger partial charge on any atom is -0.395 e. The number of β-amino-alcohol motifs (C(OH)–C–C–N with tert-alkyl or cyclic N) is 1. The van der Waals surface area contributed by atoms with Gasteiger partial charge in [0.1, 0.15) is 5.69 Å². The second-order valence-corrected chi connectivity index (χ2v) is 11.9. The highest BCUT2D eigenvalue weighted by Crippen LogP contribution is 2.31. The Kier molecular flexibility index (Phi) is 8.92. The van der Waals surface area contributed by atoms with E-state index in [4.69, 9.17) is 20.9 Å². The molecule has 4 amide bonds. The van der Waals surface area contributed by atoms with E-state index in [9.17, 15) is 19.5 Å². The fourth-order valence-corrected chi connectivity index (χ4v) is 5.88. The number of urea groups is 1. The van der Waals surface area contributed by atoms with Crippen LogP contribution in [-0.2, 0) is 6.54 Å². The molecule has 3 aromatic heterocycles. The molecular formula is C26H32ClN7O6S. The summed E-state index contributed by atoms with van der Waals surface area (Å²) in [6.07, 6.45) is 0.937. The smallest absolute Gasteiger partial charge is 0.395 e. The number of thiophene rings is 1. The summed E-state index contributed by atoms with van der Waals surface area (Å²) in [4.78, 5) is 44.4. The summed E-state index contributed by atoms with van der Waals surface area (Å²) in [6.45, 7) is 6.48. The molecule has 2 N–H and O–H groups in total. The third-order valence-electron chi connectivity index (χ3n) is 7.14. The number of hydrogen-bond acceptors (Lipinski definition) is 10. The van der Waals surface area contributed by atoms with Gasteiger partial charge in [0, 0.05) is 56.9 Å². The Morgan fingerprint density at radius 3 is 2.68 bits per heavy atom. The van der Waals surface area contributed by atoms with Crippen LogP contribution in [0.2, 0.25) is 4.34 Å². The summed E-state index contributed by atoms with van der Waals surface area (Å²) in [6, 6.07) is 6.53. The van der Waals surface area contributed by atoms with Gasteiger partial charge in [-0.25, -0.2) is 14.3 Å². The Labute approximate surface area is 245 Å². The molecule has 41 heavy (non-hydrogen) atoms. The second kappa shape index (κ2) is 12.6. The molecule has 0 atom stereocenters. The van der Waals surface area contributed by atoms with Gasteiger partial charge in [-0.1, -0.05) is 16.8 Å². The van der Waals surface area contributed by atoms with Crippen LogP contribution in [-0.4, -0.2) is 104 Å². The molecule has 5 heterocycles. The monoisotopic (exact) mass is 605 g/mol. The molecule has 220 valence electrons. The molecule has 2 saturated heterocycles. The summed E-state index contributed by atoms with van der Waals surface area (Å²) in [7, 11) is 0. The Morgan fingerprint density at radius 2 is 2.00 bits per heavy atom. The van der Waals surface area contributed by atoms with Gasteiger partial charge in [-0.2, -0.15) is 5.10 Å². The lowest BCUT2D eigenvalue weighted by atomic mass is 10.0. The maximum atomic E-state index is 13.2. The maximum absolute atomic E-state index is 13.2. The van der Waals surface area contributed by atoms with Crippen LogP contribution >= 0.6 is 22.9 Å². The zero-order valence-corrected chi connectivity index (χ0v) is 24.4. The zero-order valence-electron chi connectivity index (χ0n) is 22.8. The van der Waals surface area contributed by atoms with Gasteiger partial charge in [-0.05, 0) is 38.8 Å². The van der Waals surface area contributed by atoms with Gasteiger partial charge < -0.3 is 29.5 Å². The number of nitrogens with zero attached hydrogens (tertiary/aromatic N) is 6. The van der Waals surface area contributed by atoms with E-state index in [2.05, 4.69) is 34.3 Å². The number of imide groups is 1. The molecule has 0 aromatic carbocycles. The van der Waals surface area contributed by atoms with E-state index in [0.29, 0.717) is 28.4 Å². The Hall–Kier alpha value is -3.46. The topological polar surface area (TPSA) is 146 Å². The van der Waals surface area contributed by atoms with E-state index in [1.54, 1.807) is 12.1 Å². The first kappa shape index (κ1) is 29.0. The van der Waals surface area contributed by atoms with Gasteiger partial charge in [0.05, 0.1) is 22.4 Å². The number of aromatic nitrogens is 3. The van der Waals surface area contributed by atoms with Crippen molar-refractivity contribution in [2.75, 3.05) is 39.3 Å².